The lowest BCUT2D eigenvalue weighted by Gasteiger charge is -2.33. The maximum absolute atomic E-state index is 13.0. The lowest BCUT2D eigenvalue weighted by molar-refractivity contribution is -0.274. The average Bonchev–Trinajstić information content (AvgIpc) is 3.22. The number of hydrogen-bond donors (Lipinski definition) is 0. The summed E-state index contributed by atoms with van der Waals surface area (Å²) in [5.74, 6) is -0.322. The minimum atomic E-state index is -4.83. The summed E-state index contributed by atoms with van der Waals surface area (Å²) in [5, 5.41) is 4.08. The number of aldehydes is 1. The number of alkyl halides is 3. The van der Waals surface area contributed by atoms with E-state index in [1.54, 1.807) is 11.3 Å². The van der Waals surface area contributed by atoms with E-state index >= 15 is 0 Å². The molecule has 1 aliphatic rings. The van der Waals surface area contributed by atoms with Crippen LogP contribution in [0.1, 0.15) is 52.9 Å². The Balaban J connectivity index is 1.96. The third kappa shape index (κ3) is 4.17. The van der Waals surface area contributed by atoms with Crippen molar-refractivity contribution in [1.82, 2.24) is 0 Å². The van der Waals surface area contributed by atoms with Gasteiger partial charge in [-0.3, -0.25) is 4.79 Å². The van der Waals surface area contributed by atoms with Gasteiger partial charge < -0.3 is 4.74 Å². The number of hydrogen-bond acceptors (Lipinski definition) is 3. The van der Waals surface area contributed by atoms with Crippen molar-refractivity contribution in [3.63, 3.8) is 0 Å². The molecule has 1 heterocycles. The first-order valence-electron chi connectivity index (χ1n) is 9.82. The Hall–Kier alpha value is -2.86. The van der Waals surface area contributed by atoms with Gasteiger partial charge >= 0.3 is 6.36 Å². The van der Waals surface area contributed by atoms with Crippen LogP contribution >= 0.6 is 11.3 Å². The highest BCUT2D eigenvalue weighted by Gasteiger charge is 2.33. The zero-order chi connectivity index (χ0) is 22.4. The number of aryl methyl sites for hydroxylation is 1. The molecule has 0 atom stereocenters. The lowest BCUT2D eigenvalue weighted by atomic mass is 9.71. The molecule has 0 fully saturated rings. The van der Waals surface area contributed by atoms with E-state index in [9.17, 15) is 18.0 Å². The van der Waals surface area contributed by atoms with Crippen molar-refractivity contribution in [2.45, 2.75) is 39.0 Å². The van der Waals surface area contributed by atoms with Crippen molar-refractivity contribution in [1.29, 1.82) is 0 Å². The molecule has 160 valence electrons. The molecule has 31 heavy (non-hydrogen) atoms. The first-order valence-corrected chi connectivity index (χ1v) is 10.8. The second kappa shape index (κ2) is 7.68. The van der Waals surface area contributed by atoms with Gasteiger partial charge in [0.05, 0.1) is 0 Å². The Labute approximate surface area is 183 Å². The van der Waals surface area contributed by atoms with Crippen molar-refractivity contribution in [2.75, 3.05) is 0 Å². The van der Waals surface area contributed by atoms with Gasteiger partial charge in [0.1, 0.15) is 12.0 Å². The van der Waals surface area contributed by atoms with Crippen molar-refractivity contribution >= 4 is 23.2 Å². The molecule has 4 rings (SSSR count). The standard InChI is InChI=1S/C25H21F3O2S/c1-15-10-22-20(18(6-8-24(22,2)3)17-7-9-31-14-17)12-19(15)21-11-16(13-29)4-5-23(21)30-25(26,27)28/h4-7,9-14H,8H2,1-3H3. The first kappa shape index (κ1) is 21.4. The number of benzene rings is 2. The van der Waals surface area contributed by atoms with Crippen LogP contribution in [0.15, 0.2) is 53.2 Å². The highest BCUT2D eigenvalue weighted by molar-refractivity contribution is 7.08. The quantitative estimate of drug-likeness (QED) is 0.390. The summed E-state index contributed by atoms with van der Waals surface area (Å²) < 4.78 is 43.4. The van der Waals surface area contributed by atoms with Gasteiger partial charge in [0.15, 0.2) is 0 Å². The molecule has 2 aromatic carbocycles. The van der Waals surface area contributed by atoms with Crippen LogP contribution in [0.3, 0.4) is 0 Å². The van der Waals surface area contributed by atoms with Crippen molar-refractivity contribution in [3.05, 3.63) is 81.1 Å². The third-order valence-electron chi connectivity index (χ3n) is 5.69. The summed E-state index contributed by atoms with van der Waals surface area (Å²) >= 11 is 1.60. The maximum atomic E-state index is 13.0. The smallest absolute Gasteiger partial charge is 0.405 e. The largest absolute Gasteiger partial charge is 0.573 e. The minimum absolute atomic E-state index is 0.103. The molecule has 0 radical (unpaired) electrons. The monoisotopic (exact) mass is 442 g/mol. The second-order valence-electron chi connectivity index (χ2n) is 8.35. The molecule has 0 bridgehead atoms. The van der Waals surface area contributed by atoms with E-state index in [0.29, 0.717) is 11.8 Å². The maximum Gasteiger partial charge on any atom is 0.573 e. The van der Waals surface area contributed by atoms with E-state index in [-0.39, 0.29) is 22.3 Å². The lowest BCUT2D eigenvalue weighted by Crippen LogP contribution is -2.22. The topological polar surface area (TPSA) is 26.3 Å². The number of thiophene rings is 1. The van der Waals surface area contributed by atoms with Crippen molar-refractivity contribution < 1.29 is 22.7 Å². The summed E-state index contributed by atoms with van der Waals surface area (Å²) in [5.41, 5.74) is 6.17. The molecule has 1 aliphatic carbocycles. The average molecular weight is 443 g/mol. The fraction of sp³-hybridized carbons (Fsp3) is 0.240. The van der Waals surface area contributed by atoms with Gasteiger partial charge in [-0.25, -0.2) is 0 Å². The van der Waals surface area contributed by atoms with Gasteiger partial charge in [0.2, 0.25) is 0 Å². The molecule has 0 saturated heterocycles. The fourth-order valence-electron chi connectivity index (χ4n) is 4.09. The Morgan fingerprint density at radius 2 is 1.84 bits per heavy atom. The number of carbonyl (C=O) groups excluding carboxylic acids is 1. The Kier molecular flexibility index (Phi) is 5.30. The van der Waals surface area contributed by atoms with Crippen LogP contribution in [-0.2, 0) is 5.41 Å². The first-order chi connectivity index (χ1) is 14.6. The number of ether oxygens (including phenoxy) is 1. The van der Waals surface area contributed by atoms with E-state index < -0.39 is 6.36 Å². The molecule has 0 amide bonds. The fourth-order valence-corrected chi connectivity index (χ4v) is 4.75. The predicted octanol–water partition coefficient (Wildman–Crippen LogP) is 7.55. The summed E-state index contributed by atoms with van der Waals surface area (Å²) in [6, 6.07) is 10.0. The molecule has 0 saturated carbocycles. The molecule has 1 aromatic heterocycles. The van der Waals surface area contributed by atoms with Crippen LogP contribution in [0.25, 0.3) is 16.7 Å². The number of allylic oxidation sites excluding steroid dienone is 1. The molecule has 2 nitrogen and oxygen atoms in total. The number of halogens is 3. The van der Waals surface area contributed by atoms with Crippen LogP contribution < -0.4 is 4.74 Å². The number of rotatable bonds is 4. The predicted molar refractivity (Wildman–Crippen MR) is 118 cm³/mol. The molecular weight excluding hydrogens is 421 g/mol. The summed E-state index contributed by atoms with van der Waals surface area (Å²) in [7, 11) is 0. The number of fused-ring (bicyclic) bond motifs is 1. The van der Waals surface area contributed by atoms with Crippen LogP contribution in [-0.4, -0.2) is 12.6 Å². The van der Waals surface area contributed by atoms with E-state index in [4.69, 9.17) is 0 Å². The zero-order valence-electron chi connectivity index (χ0n) is 17.3. The van der Waals surface area contributed by atoms with E-state index in [0.717, 1.165) is 34.2 Å². The molecule has 0 aliphatic heterocycles. The van der Waals surface area contributed by atoms with Crippen LogP contribution in [0, 0.1) is 6.92 Å². The third-order valence-corrected chi connectivity index (χ3v) is 6.37. The molecule has 0 unspecified atom stereocenters. The second-order valence-corrected chi connectivity index (χ2v) is 9.13. The van der Waals surface area contributed by atoms with E-state index in [2.05, 4.69) is 36.1 Å². The van der Waals surface area contributed by atoms with Crippen LogP contribution in [0.5, 0.6) is 5.75 Å². The van der Waals surface area contributed by atoms with Crippen LogP contribution in [0.2, 0.25) is 0 Å². The van der Waals surface area contributed by atoms with Gasteiger partial charge in [0, 0.05) is 11.1 Å². The van der Waals surface area contributed by atoms with Gasteiger partial charge in [-0.2, -0.15) is 11.3 Å². The molecule has 0 N–H and O–H groups in total. The van der Waals surface area contributed by atoms with Crippen molar-refractivity contribution in [2.24, 2.45) is 0 Å². The summed E-state index contributed by atoms with van der Waals surface area (Å²) in [6.45, 7) is 6.20. The summed E-state index contributed by atoms with van der Waals surface area (Å²) in [4.78, 5) is 11.3. The Bertz CT molecular complexity index is 1170. The van der Waals surface area contributed by atoms with E-state index in [1.807, 2.05) is 24.4 Å². The minimum Gasteiger partial charge on any atom is -0.405 e. The van der Waals surface area contributed by atoms with Gasteiger partial charge in [-0.15, -0.1) is 13.2 Å². The normalized spacial score (nSPS) is 15.2. The van der Waals surface area contributed by atoms with Crippen LogP contribution in [0.4, 0.5) is 13.2 Å². The zero-order valence-corrected chi connectivity index (χ0v) is 18.2. The van der Waals surface area contributed by atoms with Gasteiger partial charge in [-0.1, -0.05) is 26.0 Å². The molecule has 3 aromatic rings. The SMILES string of the molecule is Cc1cc2c(cc1-c1cc(C=O)ccc1OC(F)(F)F)C(c1ccsc1)=CCC2(C)C. The molecule has 0 spiro atoms. The highest BCUT2D eigenvalue weighted by Crippen LogP contribution is 2.45. The molecule has 6 heteroatoms. The van der Waals surface area contributed by atoms with E-state index in [1.165, 1.54) is 18.2 Å². The Morgan fingerprint density at radius 1 is 1.06 bits per heavy atom. The highest BCUT2D eigenvalue weighted by atomic mass is 32.1. The Morgan fingerprint density at radius 3 is 2.48 bits per heavy atom. The van der Waals surface area contributed by atoms with Gasteiger partial charge in [-0.05, 0) is 93.2 Å². The molecular formula is C25H21F3O2S. The number of carbonyl (C=O) groups is 1. The summed E-state index contributed by atoms with van der Waals surface area (Å²) in [6.07, 6.45) is -1.15. The van der Waals surface area contributed by atoms with Crippen molar-refractivity contribution in [3.8, 4) is 16.9 Å². The van der Waals surface area contributed by atoms with Gasteiger partial charge in [0.25, 0.3) is 0 Å².